The average Bonchev–Trinajstić information content (AvgIpc) is 2.07. The van der Waals surface area contributed by atoms with Crippen molar-refractivity contribution >= 4 is 0 Å². The molecule has 0 atom stereocenters. The molecular formula is C10H11F3O. The summed E-state index contributed by atoms with van der Waals surface area (Å²) < 4.78 is 42.3. The summed E-state index contributed by atoms with van der Waals surface area (Å²) in [5.74, 6) is 0.237. The van der Waals surface area contributed by atoms with E-state index in [4.69, 9.17) is 4.74 Å². The summed E-state index contributed by atoms with van der Waals surface area (Å²) in [5, 5.41) is 0. The van der Waals surface area contributed by atoms with Gasteiger partial charge in [0, 0.05) is 0 Å². The molecule has 78 valence electrons. The minimum Gasteiger partial charge on any atom is -0.497 e. The highest BCUT2D eigenvalue weighted by atomic mass is 19.4. The lowest BCUT2D eigenvalue weighted by Gasteiger charge is -2.13. The van der Waals surface area contributed by atoms with Crippen molar-refractivity contribution in [3.8, 4) is 5.75 Å². The highest BCUT2D eigenvalue weighted by Crippen LogP contribution is 2.35. The van der Waals surface area contributed by atoms with Gasteiger partial charge in [0.25, 0.3) is 0 Å². The summed E-state index contributed by atoms with van der Waals surface area (Å²) in [6.45, 7) is 3.09. The Hall–Kier alpha value is -1.19. The molecule has 0 bridgehead atoms. The SMILES string of the molecule is COc1cc(C)c(C)c(C(F)(F)F)c1. The standard InChI is InChI=1S/C10H11F3O/c1-6-4-8(14-3)5-9(7(6)2)10(11,12)13/h4-5H,1-3H3. The van der Waals surface area contributed by atoms with Crippen LogP contribution in [0.25, 0.3) is 0 Å². The van der Waals surface area contributed by atoms with Crippen LogP contribution in [0.2, 0.25) is 0 Å². The van der Waals surface area contributed by atoms with E-state index >= 15 is 0 Å². The second-order valence-electron chi connectivity index (χ2n) is 3.11. The molecule has 0 aromatic heterocycles. The Labute approximate surface area is 80.5 Å². The van der Waals surface area contributed by atoms with Gasteiger partial charge in [0.05, 0.1) is 12.7 Å². The van der Waals surface area contributed by atoms with Gasteiger partial charge in [-0.1, -0.05) is 0 Å². The lowest BCUT2D eigenvalue weighted by atomic mass is 10.0. The van der Waals surface area contributed by atoms with Crippen molar-refractivity contribution in [2.45, 2.75) is 20.0 Å². The fourth-order valence-electron chi connectivity index (χ4n) is 1.24. The first-order valence-corrected chi connectivity index (χ1v) is 4.08. The molecule has 0 N–H and O–H groups in total. The molecule has 0 aliphatic carbocycles. The summed E-state index contributed by atoms with van der Waals surface area (Å²) >= 11 is 0. The summed E-state index contributed by atoms with van der Waals surface area (Å²) in [6, 6.07) is 2.60. The van der Waals surface area contributed by atoms with Crippen LogP contribution < -0.4 is 4.74 Å². The molecule has 0 fully saturated rings. The first kappa shape index (κ1) is 10.9. The van der Waals surface area contributed by atoms with Gasteiger partial charge in [-0.15, -0.1) is 0 Å². The van der Waals surface area contributed by atoms with Crippen molar-refractivity contribution < 1.29 is 17.9 Å². The predicted octanol–water partition coefficient (Wildman–Crippen LogP) is 3.33. The third-order valence-corrected chi connectivity index (χ3v) is 2.18. The van der Waals surface area contributed by atoms with Crippen molar-refractivity contribution in [1.82, 2.24) is 0 Å². The molecule has 0 unspecified atom stereocenters. The van der Waals surface area contributed by atoms with Crippen LogP contribution in [0.5, 0.6) is 5.75 Å². The van der Waals surface area contributed by atoms with Gasteiger partial charge in [-0.05, 0) is 37.1 Å². The molecule has 0 aliphatic heterocycles. The van der Waals surface area contributed by atoms with Gasteiger partial charge in [0.2, 0.25) is 0 Å². The smallest absolute Gasteiger partial charge is 0.416 e. The average molecular weight is 204 g/mol. The lowest BCUT2D eigenvalue weighted by molar-refractivity contribution is -0.138. The van der Waals surface area contributed by atoms with Crippen molar-refractivity contribution in [2.75, 3.05) is 7.11 Å². The zero-order chi connectivity index (χ0) is 10.9. The Morgan fingerprint density at radius 2 is 1.71 bits per heavy atom. The molecule has 0 saturated carbocycles. The van der Waals surface area contributed by atoms with Crippen LogP contribution in [0.1, 0.15) is 16.7 Å². The van der Waals surface area contributed by atoms with E-state index in [0.29, 0.717) is 5.56 Å². The molecule has 1 rings (SSSR count). The first-order chi connectivity index (χ1) is 6.36. The van der Waals surface area contributed by atoms with Crippen LogP contribution >= 0.6 is 0 Å². The van der Waals surface area contributed by atoms with Crippen LogP contribution in [0, 0.1) is 13.8 Å². The number of rotatable bonds is 1. The molecule has 0 heterocycles. The number of hydrogen-bond acceptors (Lipinski definition) is 1. The number of ether oxygens (including phenoxy) is 1. The molecule has 0 aliphatic rings. The zero-order valence-electron chi connectivity index (χ0n) is 8.20. The van der Waals surface area contributed by atoms with Crippen LogP contribution in [0.15, 0.2) is 12.1 Å². The minimum atomic E-state index is -4.32. The van der Waals surface area contributed by atoms with Gasteiger partial charge < -0.3 is 4.74 Å². The summed E-state index contributed by atoms with van der Waals surface area (Å²) in [6.07, 6.45) is -4.32. The molecular weight excluding hydrogens is 193 g/mol. The molecule has 1 nitrogen and oxygen atoms in total. The number of alkyl halides is 3. The number of hydrogen-bond donors (Lipinski definition) is 0. The highest BCUT2D eigenvalue weighted by molar-refractivity contribution is 5.42. The summed E-state index contributed by atoms with van der Waals surface area (Å²) in [7, 11) is 1.35. The minimum absolute atomic E-state index is 0.237. The molecule has 14 heavy (non-hydrogen) atoms. The predicted molar refractivity (Wildman–Crippen MR) is 47.5 cm³/mol. The van der Waals surface area contributed by atoms with Crippen LogP contribution in [0.3, 0.4) is 0 Å². The number of benzene rings is 1. The van der Waals surface area contributed by atoms with E-state index in [9.17, 15) is 13.2 Å². The normalized spacial score (nSPS) is 11.6. The van der Waals surface area contributed by atoms with E-state index in [1.165, 1.54) is 14.0 Å². The second kappa shape index (κ2) is 3.52. The monoisotopic (exact) mass is 204 g/mol. The maximum absolute atomic E-state index is 12.5. The maximum Gasteiger partial charge on any atom is 0.416 e. The molecule has 0 saturated heterocycles. The zero-order valence-corrected chi connectivity index (χ0v) is 8.20. The molecule has 0 amide bonds. The van der Waals surface area contributed by atoms with E-state index in [1.807, 2.05) is 0 Å². The third kappa shape index (κ3) is 2.00. The van der Waals surface area contributed by atoms with Gasteiger partial charge in [-0.3, -0.25) is 0 Å². The molecule has 1 aromatic rings. The van der Waals surface area contributed by atoms with E-state index < -0.39 is 11.7 Å². The van der Waals surface area contributed by atoms with Crippen molar-refractivity contribution in [3.63, 3.8) is 0 Å². The first-order valence-electron chi connectivity index (χ1n) is 4.08. The lowest BCUT2D eigenvalue weighted by Crippen LogP contribution is -2.08. The summed E-state index contributed by atoms with van der Waals surface area (Å²) in [4.78, 5) is 0. The second-order valence-corrected chi connectivity index (χ2v) is 3.11. The van der Waals surface area contributed by atoms with E-state index in [-0.39, 0.29) is 11.3 Å². The molecule has 0 spiro atoms. The number of halogens is 3. The number of aryl methyl sites for hydroxylation is 1. The van der Waals surface area contributed by atoms with Crippen LogP contribution in [-0.4, -0.2) is 7.11 Å². The Morgan fingerprint density at radius 1 is 1.14 bits per heavy atom. The maximum atomic E-state index is 12.5. The number of methoxy groups -OCH3 is 1. The third-order valence-electron chi connectivity index (χ3n) is 2.18. The Bertz CT molecular complexity index is 342. The van der Waals surface area contributed by atoms with Crippen molar-refractivity contribution in [2.24, 2.45) is 0 Å². The van der Waals surface area contributed by atoms with Gasteiger partial charge in [-0.2, -0.15) is 13.2 Å². The summed E-state index contributed by atoms with van der Waals surface area (Å²) in [5.41, 5.74) is 0.198. The van der Waals surface area contributed by atoms with E-state index in [0.717, 1.165) is 6.07 Å². The van der Waals surface area contributed by atoms with Gasteiger partial charge in [-0.25, -0.2) is 0 Å². The van der Waals surface area contributed by atoms with Crippen LogP contribution in [0.4, 0.5) is 13.2 Å². The quantitative estimate of drug-likeness (QED) is 0.681. The highest BCUT2D eigenvalue weighted by Gasteiger charge is 2.33. The Kier molecular flexibility index (Phi) is 2.73. The van der Waals surface area contributed by atoms with Gasteiger partial charge in [0.15, 0.2) is 0 Å². The van der Waals surface area contributed by atoms with E-state index in [1.54, 1.807) is 13.0 Å². The largest absolute Gasteiger partial charge is 0.497 e. The molecule has 0 radical (unpaired) electrons. The van der Waals surface area contributed by atoms with Crippen LogP contribution in [-0.2, 0) is 6.18 Å². The topological polar surface area (TPSA) is 9.23 Å². The Morgan fingerprint density at radius 3 is 2.14 bits per heavy atom. The van der Waals surface area contributed by atoms with Gasteiger partial charge >= 0.3 is 6.18 Å². The molecule has 1 aromatic carbocycles. The Balaban J connectivity index is 3.35. The van der Waals surface area contributed by atoms with E-state index in [2.05, 4.69) is 0 Å². The molecule has 4 heteroatoms. The fourth-order valence-corrected chi connectivity index (χ4v) is 1.24. The fraction of sp³-hybridized carbons (Fsp3) is 0.400. The van der Waals surface area contributed by atoms with Crippen molar-refractivity contribution in [1.29, 1.82) is 0 Å². The van der Waals surface area contributed by atoms with Gasteiger partial charge in [0.1, 0.15) is 5.75 Å². The van der Waals surface area contributed by atoms with Crippen molar-refractivity contribution in [3.05, 3.63) is 28.8 Å².